The van der Waals surface area contributed by atoms with Gasteiger partial charge in [-0.05, 0) is 133 Å². The fourth-order valence-electron chi connectivity index (χ4n) is 15.2. The Morgan fingerprint density at radius 3 is 0.887 bits per heavy atom. The number of nitrogens with zero attached hydrogens (tertiary/aromatic N) is 12. The van der Waals surface area contributed by atoms with Gasteiger partial charge in [-0.3, -0.25) is 67.3 Å². The second kappa shape index (κ2) is 29.7. The fourth-order valence-corrected chi connectivity index (χ4v) is 16.8. The number of anilines is 11. The Hall–Kier alpha value is -11.0. The lowest BCUT2D eigenvalue weighted by Crippen LogP contribution is -2.63. The van der Waals surface area contributed by atoms with Crippen LogP contribution in [0.1, 0.15) is 190 Å². The zero-order valence-electron chi connectivity index (χ0n) is 65.0. The Kier molecular flexibility index (Phi) is 21.5. The quantitative estimate of drug-likeness (QED) is 0.0672. The molecule has 4 aliphatic heterocycles. The van der Waals surface area contributed by atoms with Crippen LogP contribution >= 0.6 is 62.3 Å². The first-order valence-corrected chi connectivity index (χ1v) is 38.5. The molecule has 16 rings (SSSR count). The van der Waals surface area contributed by atoms with Gasteiger partial charge in [-0.25, -0.2) is 49.5 Å². The second-order valence-electron chi connectivity index (χ2n) is 33.2. The number of carbonyl (C=O) groups is 6. The van der Waals surface area contributed by atoms with Crippen LogP contribution in [-0.2, 0) is 32.1 Å². The minimum absolute atomic E-state index is 0.151. The molecule has 15 N–H and O–H groups in total. The van der Waals surface area contributed by atoms with E-state index in [1.165, 1.54) is 92.1 Å². The average molecular weight is 1720 g/mol. The lowest BCUT2D eigenvalue weighted by atomic mass is 9.62. The summed E-state index contributed by atoms with van der Waals surface area (Å²) in [6.07, 6.45) is 10.2. The molecule has 8 aromatic heterocycles. The van der Waals surface area contributed by atoms with E-state index >= 15 is 0 Å². The van der Waals surface area contributed by atoms with Crippen molar-refractivity contribution in [2.75, 3.05) is 43.8 Å². The van der Waals surface area contributed by atoms with Crippen molar-refractivity contribution < 1.29 is 38.2 Å². The molecule has 0 saturated heterocycles. The molecular formula is C74H85BrCl4N24O12. The van der Waals surface area contributed by atoms with Gasteiger partial charge in [-0.15, -0.1) is 0 Å². The molecule has 4 spiro atoms. The van der Waals surface area contributed by atoms with Gasteiger partial charge < -0.3 is 63.9 Å². The summed E-state index contributed by atoms with van der Waals surface area (Å²) in [5.41, 5.74) is 11.8. The van der Waals surface area contributed by atoms with Crippen LogP contribution in [-0.4, -0.2) is 105 Å². The van der Waals surface area contributed by atoms with Crippen molar-refractivity contribution >= 4 is 162 Å². The van der Waals surface area contributed by atoms with Crippen LogP contribution in [0.4, 0.5) is 73.2 Å². The maximum atomic E-state index is 13.4. The number of nitrogens with two attached hydrogens (primary N) is 3. The Bertz CT molecular complexity index is 5510. The smallest absolute Gasteiger partial charge is 0.413 e. The molecule has 608 valence electrons. The summed E-state index contributed by atoms with van der Waals surface area (Å²) in [6.45, 7) is 26.8. The van der Waals surface area contributed by atoms with Crippen LogP contribution in [0.15, 0.2) is 97.5 Å². The molecule has 0 bridgehead atoms. The summed E-state index contributed by atoms with van der Waals surface area (Å²) in [6, 6.07) is 11.7. The van der Waals surface area contributed by atoms with Gasteiger partial charge in [0.25, 0.3) is 45.9 Å². The van der Waals surface area contributed by atoms with E-state index in [0.717, 1.165) is 32.1 Å². The maximum Gasteiger partial charge on any atom is 0.413 e. The number of fused-ring (bicyclic) bond motifs is 8. The molecule has 8 aliphatic rings. The maximum absolute atomic E-state index is 13.4. The third-order valence-corrected chi connectivity index (χ3v) is 23.7. The highest BCUT2D eigenvalue weighted by Gasteiger charge is 2.64. The van der Waals surface area contributed by atoms with Crippen molar-refractivity contribution in [1.82, 2.24) is 79.4 Å². The van der Waals surface area contributed by atoms with Gasteiger partial charge in [0.2, 0.25) is 0 Å². The molecule has 0 aromatic carbocycles. The van der Waals surface area contributed by atoms with E-state index in [1.54, 1.807) is 41.5 Å². The molecule has 4 fully saturated rings. The number of aromatic nitrogens is 12. The summed E-state index contributed by atoms with van der Waals surface area (Å²) in [5.74, 6) is 1.08. The number of hydrogen-bond acceptors (Lipinski definition) is 26. The minimum atomic E-state index is -0.813. The number of carbonyl (C=O) groups excluding carboxylic acids is 6. The van der Waals surface area contributed by atoms with E-state index in [-0.39, 0.29) is 146 Å². The van der Waals surface area contributed by atoms with Gasteiger partial charge in [-0.1, -0.05) is 102 Å². The second-order valence-corrected chi connectivity index (χ2v) is 35.7. The Morgan fingerprint density at radius 2 is 0.626 bits per heavy atom. The summed E-state index contributed by atoms with van der Waals surface area (Å²) in [7, 11) is 0. The van der Waals surface area contributed by atoms with Crippen LogP contribution < -0.4 is 87.3 Å². The van der Waals surface area contributed by atoms with E-state index in [1.807, 2.05) is 55.4 Å². The molecule has 4 atom stereocenters. The third-order valence-electron chi connectivity index (χ3n) is 21.9. The third kappa shape index (κ3) is 15.2. The van der Waals surface area contributed by atoms with Crippen LogP contribution in [0.5, 0.6) is 0 Å². The number of rotatable bonds is 8. The average Bonchev–Trinajstić information content (AvgIpc) is 1.51. The first kappa shape index (κ1) is 83.4. The van der Waals surface area contributed by atoms with E-state index in [2.05, 4.69) is 104 Å². The van der Waals surface area contributed by atoms with Crippen molar-refractivity contribution in [2.45, 2.75) is 182 Å². The molecule has 41 heteroatoms. The van der Waals surface area contributed by atoms with Crippen molar-refractivity contribution in [3.8, 4) is 0 Å². The number of nitrogens with one attached hydrogen (secondary N) is 9. The minimum Gasteiger partial charge on any atom is -0.444 e. The monoisotopic (exact) mass is 1720 g/mol. The van der Waals surface area contributed by atoms with Crippen molar-refractivity contribution in [2.24, 2.45) is 21.7 Å². The summed E-state index contributed by atoms with van der Waals surface area (Å²) < 4.78 is 16.6. The number of nitrogen functional groups attached to an aromatic ring is 3. The number of amides is 6. The largest absolute Gasteiger partial charge is 0.444 e. The van der Waals surface area contributed by atoms with E-state index in [9.17, 15) is 47.9 Å². The van der Waals surface area contributed by atoms with Crippen LogP contribution in [0, 0.1) is 21.7 Å². The van der Waals surface area contributed by atoms with Gasteiger partial charge in [0.15, 0.2) is 0 Å². The van der Waals surface area contributed by atoms with Crippen molar-refractivity contribution in [3.05, 3.63) is 163 Å². The lowest BCUT2D eigenvalue weighted by molar-refractivity contribution is -0.0504. The van der Waals surface area contributed by atoms with Crippen LogP contribution in [0.2, 0.25) is 20.1 Å². The number of ether oxygens (including phenoxy) is 2. The van der Waals surface area contributed by atoms with E-state index in [4.69, 9.17) is 73.1 Å². The predicted octanol–water partition coefficient (Wildman–Crippen LogP) is 11.2. The zero-order chi connectivity index (χ0) is 84.2. The highest BCUT2D eigenvalue weighted by molar-refractivity contribution is 9.10. The molecule has 4 unspecified atom stereocenters. The van der Waals surface area contributed by atoms with E-state index in [0.29, 0.717) is 46.2 Å². The summed E-state index contributed by atoms with van der Waals surface area (Å²) >= 11 is 28.3. The predicted molar refractivity (Wildman–Crippen MR) is 435 cm³/mol. The normalized spacial score (nSPS) is 21.6. The Balaban J connectivity index is 0.000000136. The van der Waals surface area contributed by atoms with Gasteiger partial charge >= 0.3 is 12.2 Å². The van der Waals surface area contributed by atoms with Crippen molar-refractivity contribution in [3.63, 3.8) is 0 Å². The molecule has 6 amide bonds. The molecular weight excluding hydrogens is 1640 g/mol. The standard InChI is InChI=1S/C21H25ClN6O4.2C16H17ClN6O2.C12H12BrClN2O2.C9H14N4O2/c1-19(2,3)32-18(31)26-14-9-13(23-10-24-14)25-12-8-11(22)15-16(29)27-21(28(15)17(12)30)7-6-20(21,4)5;2*1-15(2)3-4-16(15)22-13(24)12-8(17)5-9(14(25)23(12)16)21-11-6-10(18)19-7-20-11;1-11(2)3-4-12(11)15-9(17)8-7(14)5-6(13)10(18)16(8)12;1-9(2,3)15-8(14)13-7-4-6(10)11-5-12-7/h8-10H,6-7H2,1-5H3,(H,27,29)(H2,23,24,25,26,31);2*5-7H,3-4H2,1-2H3,(H,22,24)(H3,18,19,20,21);5H,3-4H2,1-2H3,(H,15,17);4-5H,1-3H3,(H3,10,11,12,13,14). The number of halogens is 5. The van der Waals surface area contributed by atoms with Crippen molar-refractivity contribution in [1.29, 1.82) is 0 Å². The lowest BCUT2D eigenvalue weighted by Gasteiger charge is -2.54. The molecule has 0 radical (unpaired) electrons. The van der Waals surface area contributed by atoms with Gasteiger partial charge in [-0.2, -0.15) is 0 Å². The van der Waals surface area contributed by atoms with Crippen LogP contribution in [0.3, 0.4) is 0 Å². The number of hydrogen-bond donors (Lipinski definition) is 12. The highest BCUT2D eigenvalue weighted by atomic mass is 79.9. The SMILES string of the molecule is CC(C)(C)OC(=O)Nc1cc(N)ncn1.CC(C)(C)OC(=O)Nc1cc(Nc2cc(Cl)c3n(c2=O)C2(CCC2(C)C)NC3=O)ncn1.CC1(C)CCC12NC(=O)c1c(Cl)cc(Br)c(=O)n12.CC1(C)CCC12NC(=O)c1c(Cl)cc(Nc3cc(N)ncn3)c(=O)n12.CC1(C)CCC12NC(=O)c1c(Cl)cc(Nc3cc(N)ncn3)c(=O)n12. The molecule has 8 aromatic rings. The van der Waals surface area contributed by atoms with Gasteiger partial charge in [0.05, 0.1) is 24.6 Å². The Morgan fingerprint density at radius 1 is 0.383 bits per heavy atom. The molecule has 115 heavy (non-hydrogen) atoms. The topological polar surface area (TPSA) is 498 Å². The molecule has 36 nitrogen and oxygen atoms in total. The zero-order valence-corrected chi connectivity index (χ0v) is 69.6. The number of pyridine rings is 4. The molecule has 4 saturated carbocycles. The van der Waals surface area contributed by atoms with Gasteiger partial charge in [0, 0.05) is 45.9 Å². The summed E-state index contributed by atoms with van der Waals surface area (Å²) in [4.78, 5) is 156. The first-order chi connectivity index (χ1) is 53.5. The van der Waals surface area contributed by atoms with E-state index < -0.39 is 51.6 Å². The fraction of sp³-hybridized carbons (Fsp3) is 0.432. The Labute approximate surface area is 685 Å². The molecule has 4 aliphatic carbocycles. The molecule has 12 heterocycles. The summed E-state index contributed by atoms with van der Waals surface area (Å²) in [5, 5.41) is 26.5. The van der Waals surface area contributed by atoms with Crippen LogP contribution in [0.25, 0.3) is 0 Å². The highest BCUT2D eigenvalue weighted by Crippen LogP contribution is 2.59. The van der Waals surface area contributed by atoms with Gasteiger partial charge in [0.1, 0.15) is 146 Å². The first-order valence-electron chi connectivity index (χ1n) is 36.2.